The summed E-state index contributed by atoms with van der Waals surface area (Å²) in [6.07, 6.45) is 1.43. The van der Waals surface area contributed by atoms with Crippen LogP contribution >= 0.6 is 0 Å². The number of benzene rings is 2. The van der Waals surface area contributed by atoms with E-state index in [4.69, 9.17) is 0 Å². The number of hydrogen-bond acceptors (Lipinski definition) is 2. The van der Waals surface area contributed by atoms with Crippen LogP contribution in [-0.4, -0.2) is 23.8 Å². The molecule has 2 aromatic carbocycles. The monoisotopic (exact) mass is 239 g/mol. The molecule has 0 atom stereocenters. The van der Waals surface area contributed by atoms with Crippen molar-refractivity contribution in [3.63, 3.8) is 0 Å². The van der Waals surface area contributed by atoms with Crippen LogP contribution in [-0.2, 0) is 11.3 Å². The number of likely N-dealkylation sites (tertiary alicyclic amines) is 1. The predicted octanol–water partition coefficient (Wildman–Crippen LogP) is 3.00. The lowest BCUT2D eigenvalue weighted by Crippen LogP contribution is -2.33. The molecule has 2 heteroatoms. The van der Waals surface area contributed by atoms with E-state index < -0.39 is 0 Å². The summed E-state index contributed by atoms with van der Waals surface area (Å²) in [5.74, 6) is 0.407. The molecule has 0 amide bonds. The highest BCUT2D eigenvalue weighted by Crippen LogP contribution is 2.21. The van der Waals surface area contributed by atoms with Crippen molar-refractivity contribution in [2.75, 3.05) is 13.1 Å². The molecule has 1 fully saturated rings. The maximum atomic E-state index is 11.2. The third-order valence-electron chi connectivity index (χ3n) is 3.69. The second-order valence-corrected chi connectivity index (χ2v) is 4.95. The molecule has 0 spiro atoms. The van der Waals surface area contributed by atoms with E-state index in [-0.39, 0.29) is 0 Å². The molecule has 3 rings (SSSR count). The number of nitrogens with zero attached hydrogens (tertiary/aromatic N) is 1. The Morgan fingerprint density at radius 2 is 1.67 bits per heavy atom. The lowest BCUT2D eigenvalue weighted by atomic mass is 10.0. The third kappa shape index (κ3) is 2.29. The van der Waals surface area contributed by atoms with Gasteiger partial charge in [-0.3, -0.25) is 9.69 Å². The highest BCUT2D eigenvalue weighted by atomic mass is 16.1. The fourth-order valence-electron chi connectivity index (χ4n) is 2.63. The first-order valence-corrected chi connectivity index (χ1v) is 6.53. The third-order valence-corrected chi connectivity index (χ3v) is 3.69. The van der Waals surface area contributed by atoms with Crippen molar-refractivity contribution in [1.82, 2.24) is 4.90 Å². The van der Waals surface area contributed by atoms with Crippen LogP contribution in [0.3, 0.4) is 0 Å². The number of ketones is 1. The van der Waals surface area contributed by atoms with E-state index in [0.29, 0.717) is 18.6 Å². The van der Waals surface area contributed by atoms with Crippen LogP contribution in [0.5, 0.6) is 0 Å². The van der Waals surface area contributed by atoms with Gasteiger partial charge in [0.1, 0.15) is 5.78 Å². The van der Waals surface area contributed by atoms with Crippen molar-refractivity contribution < 1.29 is 4.79 Å². The summed E-state index contributed by atoms with van der Waals surface area (Å²) in [7, 11) is 0. The summed E-state index contributed by atoms with van der Waals surface area (Å²) in [4.78, 5) is 13.6. The number of carbonyl (C=O) groups excluding carboxylic acids is 1. The van der Waals surface area contributed by atoms with E-state index in [1.807, 2.05) is 0 Å². The smallest absolute Gasteiger partial charge is 0.135 e. The lowest BCUT2D eigenvalue weighted by Gasteiger charge is -2.26. The van der Waals surface area contributed by atoms with Gasteiger partial charge in [0.25, 0.3) is 0 Å². The fraction of sp³-hybridized carbons (Fsp3) is 0.312. The van der Waals surface area contributed by atoms with Gasteiger partial charge in [0.2, 0.25) is 0 Å². The van der Waals surface area contributed by atoms with Crippen molar-refractivity contribution in [3.8, 4) is 0 Å². The molecule has 0 unspecified atom stereocenters. The van der Waals surface area contributed by atoms with E-state index in [9.17, 15) is 4.79 Å². The van der Waals surface area contributed by atoms with E-state index >= 15 is 0 Å². The minimum absolute atomic E-state index is 0.407. The minimum atomic E-state index is 0.407. The molecule has 0 N–H and O–H groups in total. The second kappa shape index (κ2) is 4.91. The normalized spacial score (nSPS) is 17.2. The summed E-state index contributed by atoms with van der Waals surface area (Å²) in [5, 5.41) is 2.62. The largest absolute Gasteiger partial charge is 0.300 e. The predicted molar refractivity (Wildman–Crippen MR) is 73.5 cm³/mol. The van der Waals surface area contributed by atoms with Gasteiger partial charge in [-0.25, -0.2) is 0 Å². The molecule has 1 aliphatic heterocycles. The SMILES string of the molecule is O=C1CCN(Cc2cccc3ccccc23)CC1. The molecule has 0 saturated carbocycles. The summed E-state index contributed by atoms with van der Waals surface area (Å²) in [5.41, 5.74) is 1.36. The Balaban J connectivity index is 1.84. The summed E-state index contributed by atoms with van der Waals surface area (Å²) in [6, 6.07) is 15.0. The van der Waals surface area contributed by atoms with Crippen LogP contribution in [0, 0.1) is 0 Å². The Morgan fingerprint density at radius 1 is 0.944 bits per heavy atom. The maximum absolute atomic E-state index is 11.2. The van der Waals surface area contributed by atoms with Crippen LogP contribution in [0.4, 0.5) is 0 Å². The van der Waals surface area contributed by atoms with Gasteiger partial charge in [0, 0.05) is 32.5 Å². The summed E-state index contributed by atoms with van der Waals surface area (Å²) >= 11 is 0. The standard InChI is InChI=1S/C16H17NO/c18-15-8-10-17(11-9-15)12-14-6-3-5-13-4-1-2-7-16(13)14/h1-7H,8-12H2. The minimum Gasteiger partial charge on any atom is -0.300 e. The van der Waals surface area contributed by atoms with Crippen LogP contribution in [0.1, 0.15) is 18.4 Å². The highest BCUT2D eigenvalue weighted by Gasteiger charge is 2.16. The molecule has 18 heavy (non-hydrogen) atoms. The molecule has 1 heterocycles. The highest BCUT2D eigenvalue weighted by molar-refractivity contribution is 5.85. The Labute approximate surface area is 107 Å². The zero-order valence-electron chi connectivity index (χ0n) is 10.4. The Morgan fingerprint density at radius 3 is 2.50 bits per heavy atom. The molecule has 1 aliphatic rings. The van der Waals surface area contributed by atoms with Gasteiger partial charge < -0.3 is 0 Å². The van der Waals surface area contributed by atoms with Gasteiger partial charge in [-0.2, -0.15) is 0 Å². The fourth-order valence-corrected chi connectivity index (χ4v) is 2.63. The van der Waals surface area contributed by atoms with Gasteiger partial charge in [-0.15, -0.1) is 0 Å². The zero-order chi connectivity index (χ0) is 12.4. The molecule has 0 radical (unpaired) electrons. The first-order chi connectivity index (χ1) is 8.83. The van der Waals surface area contributed by atoms with E-state index in [1.54, 1.807) is 0 Å². The van der Waals surface area contributed by atoms with Gasteiger partial charge in [0.15, 0.2) is 0 Å². The van der Waals surface area contributed by atoms with Gasteiger partial charge in [-0.05, 0) is 16.3 Å². The number of Topliss-reactive ketones (excluding diaryl/α,β-unsaturated/α-hetero) is 1. The molecule has 2 aromatic rings. The molecular weight excluding hydrogens is 222 g/mol. The van der Waals surface area contributed by atoms with Crippen molar-refractivity contribution in [2.24, 2.45) is 0 Å². The summed E-state index contributed by atoms with van der Waals surface area (Å²) in [6.45, 7) is 2.76. The first kappa shape index (κ1) is 11.4. The average molecular weight is 239 g/mol. The molecule has 0 bridgehead atoms. The topological polar surface area (TPSA) is 20.3 Å². The molecule has 0 aliphatic carbocycles. The molecule has 92 valence electrons. The Bertz CT molecular complexity index is 561. The lowest BCUT2D eigenvalue weighted by molar-refractivity contribution is -0.121. The number of fused-ring (bicyclic) bond motifs is 1. The van der Waals surface area contributed by atoms with Crippen LogP contribution in [0.2, 0.25) is 0 Å². The van der Waals surface area contributed by atoms with E-state index in [1.165, 1.54) is 16.3 Å². The number of hydrogen-bond donors (Lipinski definition) is 0. The van der Waals surface area contributed by atoms with Crippen molar-refractivity contribution >= 4 is 16.6 Å². The number of piperidine rings is 1. The van der Waals surface area contributed by atoms with Crippen molar-refractivity contribution in [3.05, 3.63) is 48.0 Å². The maximum Gasteiger partial charge on any atom is 0.135 e. The van der Waals surface area contributed by atoms with Crippen LogP contribution in [0.25, 0.3) is 10.8 Å². The van der Waals surface area contributed by atoms with E-state index in [0.717, 1.165) is 19.6 Å². The number of carbonyl (C=O) groups is 1. The van der Waals surface area contributed by atoms with Crippen LogP contribution in [0.15, 0.2) is 42.5 Å². The van der Waals surface area contributed by atoms with E-state index in [2.05, 4.69) is 47.4 Å². The molecular formula is C16H17NO. The number of rotatable bonds is 2. The van der Waals surface area contributed by atoms with Crippen molar-refractivity contribution in [1.29, 1.82) is 0 Å². The van der Waals surface area contributed by atoms with Gasteiger partial charge in [0.05, 0.1) is 0 Å². The van der Waals surface area contributed by atoms with Gasteiger partial charge >= 0.3 is 0 Å². The average Bonchev–Trinajstić information content (AvgIpc) is 2.42. The summed E-state index contributed by atoms with van der Waals surface area (Å²) < 4.78 is 0. The molecule has 1 saturated heterocycles. The molecule has 2 nitrogen and oxygen atoms in total. The Kier molecular flexibility index (Phi) is 3.11. The first-order valence-electron chi connectivity index (χ1n) is 6.53. The van der Waals surface area contributed by atoms with Crippen LogP contribution < -0.4 is 0 Å². The zero-order valence-corrected chi connectivity index (χ0v) is 10.4. The molecule has 0 aromatic heterocycles. The quantitative estimate of drug-likeness (QED) is 0.803. The Hall–Kier alpha value is -1.67. The van der Waals surface area contributed by atoms with Gasteiger partial charge in [-0.1, -0.05) is 42.5 Å². The second-order valence-electron chi connectivity index (χ2n) is 4.95. The van der Waals surface area contributed by atoms with Crippen molar-refractivity contribution in [2.45, 2.75) is 19.4 Å².